The summed E-state index contributed by atoms with van der Waals surface area (Å²) in [5.41, 5.74) is 0.978. The van der Waals surface area contributed by atoms with E-state index in [1.807, 2.05) is 18.2 Å². The number of carbonyl (C=O) groups excluding carboxylic acids is 1. The molecule has 3 rings (SSSR count). The van der Waals surface area contributed by atoms with Crippen molar-refractivity contribution in [3.63, 3.8) is 0 Å². The number of rotatable bonds is 7. The molecule has 138 valence electrons. The van der Waals surface area contributed by atoms with Crippen LogP contribution < -0.4 is 14.8 Å². The molecule has 1 aromatic rings. The number of nitrogens with one attached hydrogen (secondary N) is 1. The lowest BCUT2D eigenvalue weighted by molar-refractivity contribution is -0.120. The summed E-state index contributed by atoms with van der Waals surface area (Å²) in [4.78, 5) is 14.1. The molecule has 1 aromatic carbocycles. The second-order valence-corrected chi connectivity index (χ2v) is 7.69. The maximum atomic E-state index is 11.8. The van der Waals surface area contributed by atoms with Crippen LogP contribution in [0.1, 0.15) is 31.4 Å². The molecule has 25 heavy (non-hydrogen) atoms. The summed E-state index contributed by atoms with van der Waals surface area (Å²) in [6, 6.07) is 5.74. The van der Waals surface area contributed by atoms with Gasteiger partial charge in [0.15, 0.2) is 11.5 Å². The molecule has 2 aliphatic rings. The van der Waals surface area contributed by atoms with Crippen LogP contribution in [0, 0.1) is 0 Å². The average molecular weight is 478 g/mol. The molecule has 2 aliphatic heterocycles. The fourth-order valence-electron chi connectivity index (χ4n) is 3.35. The number of nitrogens with zero attached hydrogens (tertiary/aromatic N) is 1. The zero-order chi connectivity index (χ0) is 17.6. The average Bonchev–Trinajstić information content (AvgIpc) is 3.11. The number of ether oxygens (including phenoxy) is 2. The van der Waals surface area contributed by atoms with Crippen molar-refractivity contribution in [3.05, 3.63) is 23.8 Å². The van der Waals surface area contributed by atoms with Crippen LogP contribution in [0.25, 0.3) is 0 Å². The van der Waals surface area contributed by atoms with Gasteiger partial charge in [-0.3, -0.25) is 8.98 Å². The molecule has 0 aliphatic carbocycles. The molecule has 2 heterocycles. The molecule has 6 nitrogen and oxygen atoms in total. The minimum absolute atomic E-state index is 0.0474. The highest BCUT2D eigenvalue weighted by atomic mass is 127. The third-order valence-corrected chi connectivity index (χ3v) is 5.35. The first-order valence-corrected chi connectivity index (χ1v) is 11.8. The molecule has 1 N–H and O–H groups in total. The minimum Gasteiger partial charge on any atom is -0.486 e. The third kappa shape index (κ3) is 5.15. The molecule has 0 saturated carbocycles. The van der Waals surface area contributed by atoms with Gasteiger partial charge in [-0.15, -0.1) is 0 Å². The zero-order valence-electron chi connectivity index (χ0n) is 14.2. The Labute approximate surface area is 164 Å². The van der Waals surface area contributed by atoms with Gasteiger partial charge < -0.3 is 19.7 Å². The molecule has 0 spiro atoms. The maximum absolute atomic E-state index is 11.8. The first kappa shape index (κ1) is 19.1. The van der Waals surface area contributed by atoms with E-state index in [9.17, 15) is 4.79 Å². The Kier molecular flexibility index (Phi) is 7.08. The van der Waals surface area contributed by atoms with Gasteiger partial charge in [0.1, 0.15) is 19.3 Å². The Morgan fingerprint density at radius 2 is 2.04 bits per heavy atom. The monoisotopic (exact) mass is 478 g/mol. The van der Waals surface area contributed by atoms with E-state index >= 15 is 0 Å². The second-order valence-electron chi connectivity index (χ2n) is 6.30. The van der Waals surface area contributed by atoms with Gasteiger partial charge in [-0.1, -0.05) is 6.07 Å². The topological polar surface area (TPSA) is 60.0 Å². The number of hydrogen-bond acceptors (Lipinski definition) is 6. The molecule has 0 unspecified atom stereocenters. The van der Waals surface area contributed by atoms with Gasteiger partial charge in [-0.25, -0.2) is 0 Å². The molecule has 0 bridgehead atoms. The largest absolute Gasteiger partial charge is 0.486 e. The highest BCUT2D eigenvalue weighted by Gasteiger charge is 2.29. The van der Waals surface area contributed by atoms with Gasteiger partial charge in [0.25, 0.3) is 0 Å². The Morgan fingerprint density at radius 1 is 1.32 bits per heavy atom. The number of carbonyl (C=O) groups is 1. The first-order chi connectivity index (χ1) is 12.2. The molecule has 0 aromatic heterocycles. The SMILES string of the molecule is CC(=O)N[C@H](CN1CCCC1)[C@H](OSI)c1ccc2c(c1)OCCO2. The van der Waals surface area contributed by atoms with Gasteiger partial charge in [-0.2, -0.15) is 0 Å². The quantitative estimate of drug-likeness (QED) is 0.480. The molecular formula is C17H23IN2O4S. The number of hydrogen-bond donors (Lipinski definition) is 1. The smallest absolute Gasteiger partial charge is 0.217 e. The molecule has 1 fully saturated rings. The first-order valence-electron chi connectivity index (χ1n) is 8.50. The van der Waals surface area contributed by atoms with Crippen molar-refractivity contribution in [1.29, 1.82) is 0 Å². The van der Waals surface area contributed by atoms with E-state index < -0.39 is 0 Å². The van der Waals surface area contributed by atoms with E-state index in [2.05, 4.69) is 31.4 Å². The van der Waals surface area contributed by atoms with Gasteiger partial charge in [0.05, 0.1) is 15.3 Å². The van der Waals surface area contributed by atoms with Crippen LogP contribution in [0.3, 0.4) is 0 Å². The van der Waals surface area contributed by atoms with Crippen LogP contribution in [-0.4, -0.2) is 49.7 Å². The summed E-state index contributed by atoms with van der Waals surface area (Å²) in [6.45, 7) is 5.58. The lowest BCUT2D eigenvalue weighted by Crippen LogP contribution is -2.46. The fourth-order valence-corrected chi connectivity index (χ4v) is 4.35. The van der Waals surface area contributed by atoms with Crippen LogP contribution in [0.15, 0.2) is 18.2 Å². The lowest BCUT2D eigenvalue weighted by Gasteiger charge is -2.31. The molecule has 1 saturated heterocycles. The van der Waals surface area contributed by atoms with Gasteiger partial charge in [-0.05, 0) is 43.6 Å². The predicted molar refractivity (Wildman–Crippen MR) is 106 cm³/mol. The van der Waals surface area contributed by atoms with Crippen LogP contribution in [0.4, 0.5) is 0 Å². The van der Waals surface area contributed by atoms with Gasteiger partial charge >= 0.3 is 0 Å². The lowest BCUT2D eigenvalue weighted by atomic mass is 10.0. The molecule has 1 amide bonds. The summed E-state index contributed by atoms with van der Waals surface area (Å²) in [7, 11) is 1.28. The standard InChI is InChI=1S/C17H23IN2O4S/c1-12(21)19-14(11-20-6-2-3-7-20)17(24-25-18)13-4-5-15-16(10-13)23-9-8-22-15/h4-5,10,14,17H,2-3,6-9,11H2,1H3,(H,19,21)/t14-,17-/m1/s1. The van der Waals surface area contributed by atoms with Crippen molar-refractivity contribution in [1.82, 2.24) is 10.2 Å². The molecular weight excluding hydrogens is 455 g/mol. The minimum atomic E-state index is -0.262. The normalized spacial score (nSPS) is 19.4. The summed E-state index contributed by atoms with van der Waals surface area (Å²) in [5.74, 6) is 1.44. The summed E-state index contributed by atoms with van der Waals surface area (Å²) in [5, 5.41) is 3.08. The van der Waals surface area contributed by atoms with Gasteiger partial charge in [0.2, 0.25) is 5.91 Å². The van der Waals surface area contributed by atoms with Crippen LogP contribution in [0.2, 0.25) is 0 Å². The molecule has 2 atom stereocenters. The summed E-state index contributed by atoms with van der Waals surface area (Å²) < 4.78 is 17.3. The van der Waals surface area contributed by atoms with Crippen molar-refractivity contribution in [2.75, 3.05) is 32.8 Å². The van der Waals surface area contributed by atoms with Crippen LogP contribution in [-0.2, 0) is 8.98 Å². The van der Waals surface area contributed by atoms with E-state index in [1.54, 1.807) is 6.92 Å². The Hall–Kier alpha value is -0.710. The zero-order valence-corrected chi connectivity index (χ0v) is 17.2. The predicted octanol–water partition coefficient (Wildman–Crippen LogP) is 3.11. The van der Waals surface area contributed by atoms with E-state index in [4.69, 9.17) is 13.7 Å². The number of benzene rings is 1. The van der Waals surface area contributed by atoms with Crippen LogP contribution in [0.5, 0.6) is 11.5 Å². The van der Waals surface area contributed by atoms with E-state index in [0.29, 0.717) is 13.2 Å². The van der Waals surface area contributed by atoms with Crippen molar-refractivity contribution in [2.24, 2.45) is 0 Å². The number of fused-ring (bicyclic) bond motifs is 1. The molecule has 0 radical (unpaired) electrons. The van der Waals surface area contributed by atoms with Crippen molar-refractivity contribution in [3.8, 4) is 11.5 Å². The van der Waals surface area contributed by atoms with E-state index in [0.717, 1.165) is 36.7 Å². The summed E-state index contributed by atoms with van der Waals surface area (Å²) >= 11 is 2.12. The highest BCUT2D eigenvalue weighted by Crippen LogP contribution is 2.37. The van der Waals surface area contributed by atoms with Crippen molar-refractivity contribution in [2.45, 2.75) is 31.9 Å². The maximum Gasteiger partial charge on any atom is 0.217 e. The number of likely N-dealkylation sites (tertiary alicyclic amines) is 1. The Morgan fingerprint density at radius 3 is 2.72 bits per heavy atom. The molecule has 8 heteroatoms. The Balaban J connectivity index is 1.83. The van der Waals surface area contributed by atoms with Crippen molar-refractivity contribution < 1.29 is 18.5 Å². The fraction of sp³-hybridized carbons (Fsp3) is 0.588. The van der Waals surface area contributed by atoms with Gasteiger partial charge in [0, 0.05) is 34.7 Å². The van der Waals surface area contributed by atoms with E-state index in [-0.39, 0.29) is 18.1 Å². The summed E-state index contributed by atoms with van der Waals surface area (Å²) in [6.07, 6.45) is 2.16. The highest BCUT2D eigenvalue weighted by molar-refractivity contribution is 14.2. The number of amides is 1. The number of halogens is 1. The Bertz CT molecular complexity index is 598. The second kappa shape index (κ2) is 9.29. The van der Waals surface area contributed by atoms with Crippen LogP contribution >= 0.6 is 30.4 Å². The third-order valence-electron chi connectivity index (χ3n) is 4.44. The van der Waals surface area contributed by atoms with Crippen molar-refractivity contribution >= 4 is 36.3 Å². The van der Waals surface area contributed by atoms with E-state index in [1.165, 1.54) is 22.1 Å².